The SMILES string of the molecule is O=C1NC(=O)C(CCCc2ccccc2)(CC2CCC(CC3(CCCc4ccccc4)C(=O)NC(=O)NC3=O)CC2)C(=O)N1. The number of barbiturate groups is 2. The van der Waals surface area contributed by atoms with Gasteiger partial charge in [0.25, 0.3) is 0 Å². The van der Waals surface area contributed by atoms with Crippen LogP contribution in [0.15, 0.2) is 60.7 Å². The van der Waals surface area contributed by atoms with Crippen LogP contribution in [0.25, 0.3) is 0 Å². The molecule has 0 aromatic heterocycles. The first-order chi connectivity index (χ1) is 21.2. The second kappa shape index (κ2) is 13.5. The Hall–Kier alpha value is -4.34. The summed E-state index contributed by atoms with van der Waals surface area (Å²) in [6.07, 6.45) is 6.86. The summed E-state index contributed by atoms with van der Waals surface area (Å²) in [5.41, 5.74) is -0.429. The molecule has 3 fully saturated rings. The summed E-state index contributed by atoms with van der Waals surface area (Å²) in [4.78, 5) is 76.7. The van der Waals surface area contributed by atoms with E-state index < -0.39 is 46.5 Å². The topological polar surface area (TPSA) is 151 Å². The van der Waals surface area contributed by atoms with Crippen molar-refractivity contribution in [1.29, 1.82) is 0 Å². The number of hydrogen-bond acceptors (Lipinski definition) is 6. The Morgan fingerprint density at radius 1 is 0.500 bits per heavy atom. The molecule has 2 aromatic rings. The van der Waals surface area contributed by atoms with E-state index >= 15 is 0 Å². The molecule has 232 valence electrons. The lowest BCUT2D eigenvalue weighted by Gasteiger charge is -2.41. The Labute approximate surface area is 257 Å². The van der Waals surface area contributed by atoms with Gasteiger partial charge in [-0.3, -0.25) is 40.4 Å². The Morgan fingerprint density at radius 3 is 1.14 bits per heavy atom. The molecule has 2 heterocycles. The fourth-order valence-corrected chi connectivity index (χ4v) is 7.29. The second-order valence-corrected chi connectivity index (χ2v) is 12.6. The molecule has 10 heteroatoms. The predicted octanol–water partition coefficient (Wildman–Crippen LogP) is 4.32. The lowest BCUT2D eigenvalue weighted by atomic mass is 9.65. The summed E-state index contributed by atoms with van der Waals surface area (Å²) in [5, 5.41) is 9.30. The van der Waals surface area contributed by atoms with Crippen LogP contribution < -0.4 is 21.3 Å². The molecular weight excluding hydrogens is 560 g/mol. The van der Waals surface area contributed by atoms with E-state index in [0.29, 0.717) is 51.4 Å². The van der Waals surface area contributed by atoms with Gasteiger partial charge in [-0.25, -0.2) is 9.59 Å². The zero-order valence-corrected chi connectivity index (χ0v) is 24.9. The standard InChI is InChI=1S/C34H40N4O6/c39-27-33(28(40)36-31(43)35-27,19-7-13-23-9-3-1-4-10-23)21-25-15-17-26(18-16-25)22-34(29(41)37-32(44)38-30(34)42)20-8-14-24-11-5-2-6-12-24/h1-6,9-12,25-26H,7-8,13-22H2,(H2,35,36,39,40,43)(H2,37,38,41,42,44). The Morgan fingerprint density at radius 2 is 0.818 bits per heavy atom. The summed E-state index contributed by atoms with van der Waals surface area (Å²) in [6, 6.07) is 18.1. The van der Waals surface area contributed by atoms with Crippen LogP contribution in [-0.2, 0) is 32.0 Å². The fourth-order valence-electron chi connectivity index (χ4n) is 7.29. The van der Waals surface area contributed by atoms with E-state index in [-0.39, 0.29) is 11.8 Å². The molecule has 2 aliphatic heterocycles. The maximum Gasteiger partial charge on any atom is 0.328 e. The maximum absolute atomic E-state index is 13.2. The van der Waals surface area contributed by atoms with Gasteiger partial charge in [-0.15, -0.1) is 0 Å². The molecule has 44 heavy (non-hydrogen) atoms. The Balaban J connectivity index is 1.23. The highest BCUT2D eigenvalue weighted by Crippen LogP contribution is 2.45. The summed E-state index contributed by atoms with van der Waals surface area (Å²) in [5.74, 6) is -2.04. The zero-order chi connectivity index (χ0) is 31.2. The van der Waals surface area contributed by atoms with E-state index in [9.17, 15) is 28.8 Å². The van der Waals surface area contributed by atoms with Gasteiger partial charge in [0.05, 0.1) is 0 Å². The third-order valence-corrected chi connectivity index (χ3v) is 9.71. The van der Waals surface area contributed by atoms with E-state index in [1.54, 1.807) is 0 Å². The van der Waals surface area contributed by atoms with Gasteiger partial charge < -0.3 is 0 Å². The van der Waals surface area contributed by atoms with Crippen LogP contribution in [0.3, 0.4) is 0 Å². The maximum atomic E-state index is 13.2. The van der Waals surface area contributed by atoms with Crippen molar-refractivity contribution < 1.29 is 28.8 Å². The molecule has 2 saturated heterocycles. The third kappa shape index (κ3) is 6.90. The lowest BCUT2D eigenvalue weighted by Crippen LogP contribution is -2.63. The van der Waals surface area contributed by atoms with Crippen LogP contribution in [0.5, 0.6) is 0 Å². The minimum atomic E-state index is -1.33. The highest BCUT2D eigenvalue weighted by atomic mass is 16.2. The van der Waals surface area contributed by atoms with Gasteiger partial charge in [0.1, 0.15) is 10.8 Å². The van der Waals surface area contributed by atoms with E-state index in [2.05, 4.69) is 21.3 Å². The van der Waals surface area contributed by atoms with Gasteiger partial charge in [0.2, 0.25) is 23.6 Å². The Bertz CT molecular complexity index is 1250. The number of hydrogen-bond donors (Lipinski definition) is 4. The van der Waals surface area contributed by atoms with E-state index in [1.807, 2.05) is 60.7 Å². The lowest BCUT2D eigenvalue weighted by molar-refractivity contribution is -0.149. The van der Waals surface area contributed by atoms with Crippen molar-refractivity contribution in [2.75, 3.05) is 0 Å². The van der Waals surface area contributed by atoms with Crippen molar-refractivity contribution >= 4 is 35.7 Å². The number of rotatable bonds is 12. The largest absolute Gasteiger partial charge is 0.328 e. The van der Waals surface area contributed by atoms with E-state index in [4.69, 9.17) is 0 Å². The smallest absolute Gasteiger partial charge is 0.277 e. The highest BCUT2D eigenvalue weighted by Gasteiger charge is 2.53. The first-order valence-corrected chi connectivity index (χ1v) is 15.6. The van der Waals surface area contributed by atoms with Gasteiger partial charge in [-0.1, -0.05) is 86.3 Å². The molecule has 3 aliphatic rings. The minimum Gasteiger partial charge on any atom is -0.277 e. The number of nitrogens with one attached hydrogen (secondary N) is 4. The van der Waals surface area contributed by atoms with Gasteiger partial charge in [-0.05, 0) is 74.3 Å². The molecular formula is C34H40N4O6. The fraction of sp³-hybridized carbons (Fsp3) is 0.471. The van der Waals surface area contributed by atoms with Crippen molar-refractivity contribution in [1.82, 2.24) is 21.3 Å². The number of urea groups is 2. The summed E-state index contributed by atoms with van der Waals surface area (Å²) >= 11 is 0. The van der Waals surface area contributed by atoms with Crippen molar-refractivity contribution in [3.63, 3.8) is 0 Å². The minimum absolute atomic E-state index is 0.0669. The van der Waals surface area contributed by atoms with Gasteiger partial charge in [0, 0.05) is 0 Å². The first-order valence-electron chi connectivity index (χ1n) is 15.6. The van der Waals surface area contributed by atoms with E-state index in [1.165, 1.54) is 0 Å². The quantitative estimate of drug-likeness (QED) is 0.267. The normalized spacial score (nSPS) is 22.9. The molecule has 0 bridgehead atoms. The van der Waals surface area contributed by atoms with Crippen LogP contribution in [0.2, 0.25) is 0 Å². The number of amides is 8. The molecule has 2 aromatic carbocycles. The monoisotopic (exact) mass is 600 g/mol. The number of benzene rings is 2. The predicted molar refractivity (Wildman–Crippen MR) is 162 cm³/mol. The summed E-state index contributed by atoms with van der Waals surface area (Å²) < 4.78 is 0. The van der Waals surface area contributed by atoms with Crippen LogP contribution in [0, 0.1) is 22.7 Å². The van der Waals surface area contributed by atoms with Crippen molar-refractivity contribution in [2.45, 2.75) is 77.0 Å². The molecule has 0 radical (unpaired) electrons. The molecule has 1 saturated carbocycles. The summed E-state index contributed by atoms with van der Waals surface area (Å²) in [6.45, 7) is 0. The van der Waals surface area contributed by atoms with Crippen LogP contribution in [0.1, 0.15) is 75.3 Å². The van der Waals surface area contributed by atoms with E-state index in [0.717, 1.165) is 36.8 Å². The summed E-state index contributed by atoms with van der Waals surface area (Å²) in [7, 11) is 0. The van der Waals surface area contributed by atoms with Gasteiger partial charge in [0.15, 0.2) is 0 Å². The van der Waals surface area contributed by atoms with Gasteiger partial charge in [-0.2, -0.15) is 0 Å². The average molecular weight is 601 g/mol. The highest BCUT2D eigenvalue weighted by molar-refractivity contribution is 6.19. The number of imide groups is 4. The van der Waals surface area contributed by atoms with Crippen LogP contribution in [0.4, 0.5) is 9.59 Å². The molecule has 8 amide bonds. The molecule has 1 aliphatic carbocycles. The van der Waals surface area contributed by atoms with Gasteiger partial charge >= 0.3 is 12.1 Å². The second-order valence-electron chi connectivity index (χ2n) is 12.6. The first kappa shape index (κ1) is 31.1. The number of aryl methyl sites for hydroxylation is 2. The Kier molecular flexibility index (Phi) is 9.56. The molecule has 4 N–H and O–H groups in total. The van der Waals surface area contributed by atoms with Crippen molar-refractivity contribution in [3.8, 4) is 0 Å². The van der Waals surface area contributed by atoms with Crippen LogP contribution in [-0.4, -0.2) is 35.7 Å². The van der Waals surface area contributed by atoms with Crippen molar-refractivity contribution in [3.05, 3.63) is 71.8 Å². The molecule has 0 atom stereocenters. The number of carbonyl (C=O) groups excluding carboxylic acids is 6. The van der Waals surface area contributed by atoms with Crippen molar-refractivity contribution in [2.24, 2.45) is 22.7 Å². The molecule has 10 nitrogen and oxygen atoms in total. The third-order valence-electron chi connectivity index (χ3n) is 9.71. The molecule has 5 rings (SSSR count). The average Bonchev–Trinajstić information content (AvgIpc) is 3.00. The molecule has 0 unspecified atom stereocenters. The number of carbonyl (C=O) groups is 6. The molecule has 0 spiro atoms. The zero-order valence-electron chi connectivity index (χ0n) is 24.9. The van der Waals surface area contributed by atoms with Crippen LogP contribution >= 0.6 is 0 Å².